The quantitative estimate of drug-likeness (QED) is 0.444. The normalized spacial score (nSPS) is 11.9. The van der Waals surface area contributed by atoms with Crippen LogP contribution in [0.25, 0.3) is 11.3 Å². The van der Waals surface area contributed by atoms with Crippen LogP contribution >= 0.6 is 0 Å². The second kappa shape index (κ2) is 7.74. The Bertz CT molecular complexity index is 1390. The molecule has 6 heteroatoms. The maximum absolute atomic E-state index is 6.25. The van der Waals surface area contributed by atoms with Gasteiger partial charge in [-0.15, -0.1) is 0 Å². The lowest BCUT2D eigenvalue weighted by molar-refractivity contribution is 0.458. The van der Waals surface area contributed by atoms with Gasteiger partial charge in [-0.25, -0.2) is 4.98 Å². The number of H-pyrrole nitrogens is 1. The lowest BCUT2D eigenvalue weighted by Gasteiger charge is -2.27. The molecule has 6 rings (SSSR count). The van der Waals surface area contributed by atoms with Gasteiger partial charge < -0.3 is 9.47 Å². The van der Waals surface area contributed by atoms with Crippen LogP contribution in [-0.2, 0) is 0 Å². The predicted molar refractivity (Wildman–Crippen MR) is 126 cm³/mol. The molecule has 0 spiro atoms. The van der Waals surface area contributed by atoms with E-state index in [4.69, 9.17) is 9.47 Å². The van der Waals surface area contributed by atoms with Crippen LogP contribution < -0.4 is 25.9 Å². The van der Waals surface area contributed by atoms with E-state index in [9.17, 15) is 0 Å². The fraction of sp³-hybridized carbons (Fsp3) is 0. The number of nitrogens with zero attached hydrogens (tertiary/aromatic N) is 2. The molecule has 3 heterocycles. The molecular formula is C26H18BN3O2. The first-order valence-electron chi connectivity index (χ1n) is 10.4. The summed E-state index contributed by atoms with van der Waals surface area (Å²) in [6.07, 6.45) is 3.49. The number of rotatable bonds is 4. The van der Waals surface area contributed by atoms with Gasteiger partial charge in [0.2, 0.25) is 5.88 Å². The Morgan fingerprint density at radius 2 is 1.66 bits per heavy atom. The first-order valence-corrected chi connectivity index (χ1v) is 10.4. The number of hydrogen-bond acceptors (Lipinski definition) is 4. The zero-order chi connectivity index (χ0) is 21.3. The average molecular weight is 415 g/mol. The van der Waals surface area contributed by atoms with Crippen LogP contribution in [0.3, 0.4) is 0 Å². The van der Waals surface area contributed by atoms with Crippen molar-refractivity contribution in [2.75, 3.05) is 0 Å². The van der Waals surface area contributed by atoms with E-state index < -0.39 is 0 Å². The number of para-hydroxylation sites is 1. The monoisotopic (exact) mass is 415 g/mol. The van der Waals surface area contributed by atoms with Crippen LogP contribution in [0.1, 0.15) is 0 Å². The third kappa shape index (κ3) is 3.32. The summed E-state index contributed by atoms with van der Waals surface area (Å²) >= 11 is 0. The van der Waals surface area contributed by atoms with Gasteiger partial charge in [-0.1, -0.05) is 54.0 Å². The highest BCUT2D eigenvalue weighted by atomic mass is 16.5. The Labute approximate surface area is 185 Å². The summed E-state index contributed by atoms with van der Waals surface area (Å²) in [5, 5.41) is 7.15. The van der Waals surface area contributed by atoms with Crippen molar-refractivity contribution in [1.29, 1.82) is 0 Å². The highest BCUT2D eigenvalue weighted by Crippen LogP contribution is 2.28. The summed E-state index contributed by atoms with van der Waals surface area (Å²) in [6, 6.07) is 30.2. The van der Waals surface area contributed by atoms with Crippen LogP contribution in [-0.4, -0.2) is 21.9 Å². The lowest BCUT2D eigenvalue weighted by atomic mass is 9.35. The van der Waals surface area contributed by atoms with Crippen molar-refractivity contribution in [2.24, 2.45) is 0 Å². The minimum Gasteiger partial charge on any atom is -0.458 e. The molecule has 0 saturated carbocycles. The summed E-state index contributed by atoms with van der Waals surface area (Å²) < 4.78 is 12.3. The fourth-order valence-corrected chi connectivity index (χ4v) is 4.20. The maximum Gasteiger partial charge on any atom is 0.251 e. The summed E-state index contributed by atoms with van der Waals surface area (Å²) in [5.74, 6) is 2.98. The number of benzene rings is 3. The summed E-state index contributed by atoms with van der Waals surface area (Å²) in [7, 11) is 0. The van der Waals surface area contributed by atoms with Crippen molar-refractivity contribution >= 4 is 23.1 Å². The Balaban J connectivity index is 1.48. The molecule has 0 radical (unpaired) electrons. The minimum absolute atomic E-state index is 0.00473. The number of aromatic nitrogens is 3. The summed E-state index contributed by atoms with van der Waals surface area (Å²) in [4.78, 5) is 4.28. The van der Waals surface area contributed by atoms with Crippen LogP contribution in [0, 0.1) is 0 Å². The molecule has 0 aliphatic carbocycles. The Kier molecular flexibility index (Phi) is 4.46. The van der Waals surface area contributed by atoms with Gasteiger partial charge >= 0.3 is 0 Å². The molecule has 1 aliphatic heterocycles. The van der Waals surface area contributed by atoms with Gasteiger partial charge in [-0.05, 0) is 52.9 Å². The highest BCUT2D eigenvalue weighted by molar-refractivity contribution is 6.97. The van der Waals surface area contributed by atoms with Gasteiger partial charge in [-0.2, -0.15) is 5.10 Å². The van der Waals surface area contributed by atoms with Crippen LogP contribution in [0.4, 0.5) is 0 Å². The fourth-order valence-electron chi connectivity index (χ4n) is 4.20. The van der Waals surface area contributed by atoms with E-state index in [1.54, 1.807) is 12.4 Å². The largest absolute Gasteiger partial charge is 0.458 e. The Morgan fingerprint density at radius 1 is 0.750 bits per heavy atom. The molecule has 0 unspecified atom stereocenters. The Morgan fingerprint density at radius 3 is 2.53 bits per heavy atom. The van der Waals surface area contributed by atoms with Gasteiger partial charge in [0.15, 0.2) is 0 Å². The summed E-state index contributed by atoms with van der Waals surface area (Å²) in [6.45, 7) is 0.00473. The van der Waals surface area contributed by atoms with E-state index in [1.165, 1.54) is 5.46 Å². The van der Waals surface area contributed by atoms with Crippen LogP contribution in [0.5, 0.6) is 23.1 Å². The molecule has 1 aliphatic rings. The molecular weight excluding hydrogens is 397 g/mol. The number of ether oxygens (including phenoxy) is 2. The number of hydrogen-bond donors (Lipinski definition) is 1. The molecule has 0 bridgehead atoms. The first kappa shape index (κ1) is 18.5. The SMILES string of the molecule is c1ccc(Oc2ccc3c(c2)B(c2cccc(-c4ccn[nH]4)c2)c2ccccc2O3)nc1. The number of fused-ring (bicyclic) bond motifs is 2. The first-order chi connectivity index (χ1) is 15.8. The topological polar surface area (TPSA) is 60.0 Å². The van der Waals surface area contributed by atoms with E-state index in [1.807, 2.05) is 60.7 Å². The predicted octanol–water partition coefficient (Wildman–Crippen LogP) is 3.89. The van der Waals surface area contributed by atoms with Crippen molar-refractivity contribution in [2.45, 2.75) is 0 Å². The smallest absolute Gasteiger partial charge is 0.251 e. The Hall–Kier alpha value is -4.32. The van der Waals surface area contributed by atoms with Gasteiger partial charge in [0.1, 0.15) is 17.2 Å². The van der Waals surface area contributed by atoms with Crippen molar-refractivity contribution in [1.82, 2.24) is 15.2 Å². The summed E-state index contributed by atoms with van der Waals surface area (Å²) in [5.41, 5.74) is 5.42. The molecule has 1 N–H and O–H groups in total. The standard InChI is InChI=1S/C26H18BN3O2/c1-2-9-24-21(8-1)27(19-7-5-6-18(16-19)23-13-15-29-30-23)22-17-20(11-12-25(22)32-24)31-26-10-3-4-14-28-26/h1-17H,(H,29,30). The van der Waals surface area contributed by atoms with E-state index in [-0.39, 0.29) is 6.71 Å². The van der Waals surface area contributed by atoms with Crippen LogP contribution in [0.15, 0.2) is 103 Å². The minimum atomic E-state index is 0.00473. The molecule has 32 heavy (non-hydrogen) atoms. The van der Waals surface area contributed by atoms with E-state index in [2.05, 4.69) is 45.5 Å². The van der Waals surface area contributed by atoms with Gasteiger partial charge in [-0.3, -0.25) is 5.10 Å². The highest BCUT2D eigenvalue weighted by Gasteiger charge is 2.32. The lowest BCUT2D eigenvalue weighted by Crippen LogP contribution is -2.54. The third-order valence-electron chi connectivity index (χ3n) is 5.63. The van der Waals surface area contributed by atoms with Crippen molar-refractivity contribution in [3.63, 3.8) is 0 Å². The van der Waals surface area contributed by atoms with E-state index in [0.29, 0.717) is 5.88 Å². The van der Waals surface area contributed by atoms with Gasteiger partial charge in [0.05, 0.1) is 5.69 Å². The molecule has 5 aromatic rings. The zero-order valence-corrected chi connectivity index (χ0v) is 17.1. The third-order valence-corrected chi connectivity index (χ3v) is 5.63. The second-order valence-corrected chi connectivity index (χ2v) is 7.64. The van der Waals surface area contributed by atoms with Crippen molar-refractivity contribution in [3.8, 4) is 34.4 Å². The molecule has 0 atom stereocenters. The van der Waals surface area contributed by atoms with Crippen molar-refractivity contribution < 1.29 is 9.47 Å². The van der Waals surface area contributed by atoms with Gasteiger partial charge in [0.25, 0.3) is 6.71 Å². The van der Waals surface area contributed by atoms with Crippen LogP contribution in [0.2, 0.25) is 0 Å². The molecule has 0 saturated heterocycles. The zero-order valence-electron chi connectivity index (χ0n) is 17.1. The molecule has 0 fully saturated rings. The maximum atomic E-state index is 6.25. The molecule has 3 aromatic carbocycles. The molecule has 0 amide bonds. The van der Waals surface area contributed by atoms with E-state index in [0.717, 1.165) is 39.4 Å². The molecule has 152 valence electrons. The number of pyridine rings is 1. The molecule has 2 aromatic heterocycles. The van der Waals surface area contributed by atoms with Gasteiger partial charge in [0, 0.05) is 18.5 Å². The van der Waals surface area contributed by atoms with Crippen molar-refractivity contribution in [3.05, 3.63) is 103 Å². The van der Waals surface area contributed by atoms with E-state index >= 15 is 0 Å². The average Bonchev–Trinajstić information content (AvgIpc) is 3.39. The molecule has 5 nitrogen and oxygen atoms in total. The second-order valence-electron chi connectivity index (χ2n) is 7.64. The number of nitrogens with one attached hydrogen (secondary N) is 1. The number of aromatic amines is 1.